The molecule has 0 radical (unpaired) electrons. The van der Waals surface area contributed by atoms with Crippen molar-refractivity contribution in [2.75, 3.05) is 13.1 Å². The van der Waals surface area contributed by atoms with E-state index in [1.165, 1.54) is 12.8 Å². The van der Waals surface area contributed by atoms with Gasteiger partial charge in [-0.3, -0.25) is 4.79 Å². The van der Waals surface area contributed by atoms with Crippen molar-refractivity contribution in [1.29, 1.82) is 0 Å². The molecule has 1 aromatic carbocycles. The second kappa shape index (κ2) is 6.39. The molecule has 2 aliphatic rings. The lowest BCUT2D eigenvalue weighted by atomic mass is 9.67. The molecule has 0 aromatic heterocycles. The van der Waals surface area contributed by atoms with Gasteiger partial charge in [0.2, 0.25) is 5.91 Å². The molecule has 1 aliphatic heterocycles. The van der Waals surface area contributed by atoms with Crippen LogP contribution in [0.3, 0.4) is 0 Å². The molecule has 1 saturated heterocycles. The first kappa shape index (κ1) is 15.5. The molecule has 1 aliphatic carbocycles. The molecule has 4 nitrogen and oxygen atoms in total. The van der Waals surface area contributed by atoms with Gasteiger partial charge in [0, 0.05) is 13.1 Å². The van der Waals surface area contributed by atoms with Crippen LogP contribution in [0, 0.1) is 11.3 Å². The predicted molar refractivity (Wildman–Crippen MR) is 86.2 cm³/mol. The van der Waals surface area contributed by atoms with Crippen LogP contribution in [0.25, 0.3) is 0 Å². The average molecular weight is 302 g/mol. The van der Waals surface area contributed by atoms with Gasteiger partial charge >= 0.3 is 0 Å². The number of fused-ring (bicyclic) bond motifs is 1. The standard InChI is InChI=1S/C18H26N2O2/c1-13(21)15-7-5-14(6-8-15)10-20-17(22)18-9-3-2-4-16(18)11-19-12-18/h5-8,13,16,19,21H,2-4,9-12H2,1H3,(H,20,22)/t13?,16-,18+/m0/s1. The van der Waals surface area contributed by atoms with E-state index in [2.05, 4.69) is 10.6 Å². The topological polar surface area (TPSA) is 61.4 Å². The van der Waals surface area contributed by atoms with Gasteiger partial charge in [-0.2, -0.15) is 0 Å². The number of rotatable bonds is 4. The molecular weight excluding hydrogens is 276 g/mol. The number of hydrogen-bond donors (Lipinski definition) is 3. The molecular formula is C18H26N2O2. The van der Waals surface area contributed by atoms with Crippen molar-refractivity contribution in [3.63, 3.8) is 0 Å². The Hall–Kier alpha value is -1.39. The minimum Gasteiger partial charge on any atom is -0.389 e. The summed E-state index contributed by atoms with van der Waals surface area (Å²) >= 11 is 0. The highest BCUT2D eigenvalue weighted by Crippen LogP contribution is 2.43. The van der Waals surface area contributed by atoms with Gasteiger partial charge in [-0.05, 0) is 43.4 Å². The molecule has 1 unspecified atom stereocenters. The number of aliphatic hydroxyl groups is 1. The van der Waals surface area contributed by atoms with Gasteiger partial charge in [0.15, 0.2) is 0 Å². The zero-order valence-corrected chi connectivity index (χ0v) is 13.3. The van der Waals surface area contributed by atoms with Crippen LogP contribution in [0.5, 0.6) is 0 Å². The van der Waals surface area contributed by atoms with Crippen LogP contribution in [-0.2, 0) is 11.3 Å². The van der Waals surface area contributed by atoms with Crippen LogP contribution in [0.4, 0.5) is 0 Å². The maximum absolute atomic E-state index is 12.8. The Balaban J connectivity index is 1.62. The van der Waals surface area contributed by atoms with Crippen molar-refractivity contribution in [2.24, 2.45) is 11.3 Å². The highest BCUT2D eigenvalue weighted by Gasteiger charge is 2.49. The van der Waals surface area contributed by atoms with Crippen LogP contribution in [-0.4, -0.2) is 24.1 Å². The summed E-state index contributed by atoms with van der Waals surface area (Å²) in [4.78, 5) is 12.8. The fourth-order valence-corrected chi connectivity index (χ4v) is 3.96. The fourth-order valence-electron chi connectivity index (χ4n) is 3.96. The van der Waals surface area contributed by atoms with E-state index >= 15 is 0 Å². The molecule has 0 bridgehead atoms. The van der Waals surface area contributed by atoms with Gasteiger partial charge in [0.25, 0.3) is 0 Å². The zero-order chi connectivity index (χ0) is 15.6. The largest absolute Gasteiger partial charge is 0.389 e. The van der Waals surface area contributed by atoms with Gasteiger partial charge < -0.3 is 15.7 Å². The molecule has 3 atom stereocenters. The lowest BCUT2D eigenvalue weighted by Gasteiger charge is -2.37. The number of hydrogen-bond acceptors (Lipinski definition) is 3. The van der Waals surface area contributed by atoms with E-state index in [1.54, 1.807) is 6.92 Å². The Morgan fingerprint density at radius 2 is 2.18 bits per heavy atom. The number of benzene rings is 1. The Labute approximate surface area is 132 Å². The summed E-state index contributed by atoms with van der Waals surface area (Å²) < 4.78 is 0. The first-order chi connectivity index (χ1) is 10.6. The number of carbonyl (C=O) groups excluding carboxylic acids is 1. The monoisotopic (exact) mass is 302 g/mol. The average Bonchev–Trinajstić information content (AvgIpc) is 2.98. The van der Waals surface area contributed by atoms with Gasteiger partial charge in [-0.1, -0.05) is 37.1 Å². The highest BCUT2D eigenvalue weighted by atomic mass is 16.3. The van der Waals surface area contributed by atoms with Crippen LogP contribution in [0.1, 0.15) is 49.8 Å². The molecule has 1 saturated carbocycles. The van der Waals surface area contributed by atoms with Gasteiger partial charge in [0.1, 0.15) is 0 Å². The summed E-state index contributed by atoms with van der Waals surface area (Å²) in [5.74, 6) is 0.709. The number of nitrogens with one attached hydrogen (secondary N) is 2. The van der Waals surface area contributed by atoms with Crippen LogP contribution in [0.15, 0.2) is 24.3 Å². The lowest BCUT2D eigenvalue weighted by Crippen LogP contribution is -2.47. The predicted octanol–water partition coefficient (Wildman–Crippen LogP) is 2.14. The van der Waals surface area contributed by atoms with Crippen molar-refractivity contribution in [3.05, 3.63) is 35.4 Å². The third kappa shape index (κ3) is 2.90. The molecule has 1 aromatic rings. The minimum atomic E-state index is -0.449. The molecule has 3 rings (SSSR count). The Kier molecular flexibility index (Phi) is 4.50. The van der Waals surface area contributed by atoms with E-state index in [0.29, 0.717) is 12.5 Å². The van der Waals surface area contributed by atoms with Crippen molar-refractivity contribution >= 4 is 5.91 Å². The van der Waals surface area contributed by atoms with Crippen molar-refractivity contribution in [2.45, 2.75) is 45.3 Å². The smallest absolute Gasteiger partial charge is 0.228 e. The van der Waals surface area contributed by atoms with Gasteiger partial charge in [-0.25, -0.2) is 0 Å². The van der Waals surface area contributed by atoms with E-state index < -0.39 is 6.10 Å². The third-order valence-electron chi connectivity index (χ3n) is 5.41. The second-order valence-corrected chi connectivity index (χ2v) is 6.83. The molecule has 2 fully saturated rings. The number of amides is 1. The summed E-state index contributed by atoms with van der Waals surface area (Å²) in [7, 11) is 0. The molecule has 0 spiro atoms. The minimum absolute atomic E-state index is 0.183. The maximum atomic E-state index is 12.8. The number of carbonyl (C=O) groups is 1. The Morgan fingerprint density at radius 1 is 1.41 bits per heavy atom. The first-order valence-corrected chi connectivity index (χ1v) is 8.38. The van der Waals surface area contributed by atoms with E-state index in [4.69, 9.17) is 0 Å². The zero-order valence-electron chi connectivity index (χ0n) is 13.3. The van der Waals surface area contributed by atoms with Crippen molar-refractivity contribution < 1.29 is 9.90 Å². The van der Waals surface area contributed by atoms with E-state index in [0.717, 1.165) is 37.1 Å². The second-order valence-electron chi connectivity index (χ2n) is 6.83. The summed E-state index contributed by atoms with van der Waals surface area (Å²) in [5.41, 5.74) is 1.80. The third-order valence-corrected chi connectivity index (χ3v) is 5.41. The van der Waals surface area contributed by atoms with Crippen molar-refractivity contribution in [3.8, 4) is 0 Å². The quantitative estimate of drug-likeness (QED) is 0.798. The molecule has 1 heterocycles. The van der Waals surface area contributed by atoms with Gasteiger partial charge in [0.05, 0.1) is 11.5 Å². The molecule has 4 heteroatoms. The normalized spacial score (nSPS) is 28.9. The summed E-state index contributed by atoms with van der Waals surface area (Å²) in [6, 6.07) is 7.80. The summed E-state index contributed by atoms with van der Waals surface area (Å²) in [6.07, 6.45) is 4.15. The molecule has 1 amide bonds. The first-order valence-electron chi connectivity index (χ1n) is 8.38. The Bertz CT molecular complexity index is 526. The van der Waals surface area contributed by atoms with Crippen LogP contribution in [0.2, 0.25) is 0 Å². The van der Waals surface area contributed by atoms with E-state index in [-0.39, 0.29) is 11.3 Å². The lowest BCUT2D eigenvalue weighted by molar-refractivity contribution is -0.134. The van der Waals surface area contributed by atoms with Crippen LogP contribution >= 0.6 is 0 Å². The van der Waals surface area contributed by atoms with Gasteiger partial charge in [-0.15, -0.1) is 0 Å². The molecule has 22 heavy (non-hydrogen) atoms. The van der Waals surface area contributed by atoms with E-state index in [9.17, 15) is 9.90 Å². The maximum Gasteiger partial charge on any atom is 0.228 e. The van der Waals surface area contributed by atoms with Crippen molar-refractivity contribution in [1.82, 2.24) is 10.6 Å². The Morgan fingerprint density at radius 3 is 2.91 bits per heavy atom. The van der Waals surface area contributed by atoms with E-state index in [1.807, 2.05) is 24.3 Å². The summed E-state index contributed by atoms with van der Waals surface area (Å²) in [5, 5.41) is 16.1. The molecule has 3 N–H and O–H groups in total. The summed E-state index contributed by atoms with van der Waals surface area (Å²) in [6.45, 7) is 4.13. The fraction of sp³-hybridized carbons (Fsp3) is 0.611. The highest BCUT2D eigenvalue weighted by molar-refractivity contribution is 5.83. The number of aliphatic hydroxyl groups excluding tert-OH is 1. The SMILES string of the molecule is CC(O)c1ccc(CNC(=O)[C@@]23CCCC[C@H]2CNC3)cc1. The van der Waals surface area contributed by atoms with Crippen LogP contribution < -0.4 is 10.6 Å². The molecule has 120 valence electrons.